The summed E-state index contributed by atoms with van der Waals surface area (Å²) in [6, 6.07) is 0.604. The molecule has 2 unspecified atom stereocenters. The molecule has 1 N–H and O–H groups in total. The molecule has 2 heterocycles. The molecule has 0 bridgehead atoms. The maximum atomic E-state index is 5.60. The van der Waals surface area contributed by atoms with E-state index in [-0.39, 0.29) is 0 Å². The molecule has 2 atom stereocenters. The van der Waals surface area contributed by atoms with Crippen molar-refractivity contribution in [1.82, 2.24) is 10.2 Å². The number of likely N-dealkylation sites (tertiary alicyclic amines) is 1. The largest absolute Gasteiger partial charge is 0.377 e. The zero-order chi connectivity index (χ0) is 10.5. The molecule has 2 fully saturated rings. The Morgan fingerprint density at radius 3 is 2.80 bits per heavy atom. The lowest BCUT2D eigenvalue weighted by Gasteiger charge is -2.22. The number of hydrogen-bond donors (Lipinski definition) is 1. The normalized spacial score (nSPS) is 29.8. The summed E-state index contributed by atoms with van der Waals surface area (Å²) in [7, 11) is 0. The van der Waals surface area contributed by atoms with Gasteiger partial charge in [0.15, 0.2) is 0 Å². The first-order valence-electron chi connectivity index (χ1n) is 6.42. The van der Waals surface area contributed by atoms with Crippen LogP contribution < -0.4 is 5.32 Å². The molecule has 0 saturated carbocycles. The van der Waals surface area contributed by atoms with Crippen molar-refractivity contribution in [2.45, 2.75) is 44.8 Å². The summed E-state index contributed by atoms with van der Waals surface area (Å²) in [5.74, 6) is 0. The van der Waals surface area contributed by atoms with E-state index in [9.17, 15) is 0 Å². The summed E-state index contributed by atoms with van der Waals surface area (Å²) in [5, 5.41) is 3.58. The van der Waals surface area contributed by atoms with E-state index in [0.717, 1.165) is 13.2 Å². The highest BCUT2D eigenvalue weighted by atomic mass is 16.5. The Morgan fingerprint density at radius 2 is 2.13 bits per heavy atom. The first kappa shape index (κ1) is 11.4. The zero-order valence-electron chi connectivity index (χ0n) is 9.87. The number of rotatable bonds is 5. The van der Waals surface area contributed by atoms with Crippen LogP contribution in [0.15, 0.2) is 0 Å². The third-order valence-electron chi connectivity index (χ3n) is 3.45. The lowest BCUT2D eigenvalue weighted by molar-refractivity contribution is 0.106. The van der Waals surface area contributed by atoms with Crippen molar-refractivity contribution in [2.24, 2.45) is 0 Å². The van der Waals surface area contributed by atoms with E-state index >= 15 is 0 Å². The van der Waals surface area contributed by atoms with Gasteiger partial charge in [-0.05, 0) is 45.7 Å². The smallest absolute Gasteiger partial charge is 0.0700 e. The molecule has 15 heavy (non-hydrogen) atoms. The third kappa shape index (κ3) is 3.74. The highest BCUT2D eigenvalue weighted by Crippen LogP contribution is 2.11. The molecule has 0 aromatic rings. The second-order valence-corrected chi connectivity index (χ2v) is 4.95. The third-order valence-corrected chi connectivity index (χ3v) is 3.45. The van der Waals surface area contributed by atoms with Crippen molar-refractivity contribution in [3.63, 3.8) is 0 Å². The molecule has 2 aliphatic rings. The van der Waals surface area contributed by atoms with Crippen LogP contribution in [0.2, 0.25) is 0 Å². The molecule has 0 spiro atoms. The summed E-state index contributed by atoms with van der Waals surface area (Å²) in [4.78, 5) is 2.56. The second kappa shape index (κ2) is 5.83. The monoisotopic (exact) mass is 212 g/mol. The van der Waals surface area contributed by atoms with Gasteiger partial charge in [-0.15, -0.1) is 0 Å². The molecule has 0 aromatic carbocycles. The highest BCUT2D eigenvalue weighted by Gasteiger charge is 2.18. The molecule has 0 aliphatic carbocycles. The molecule has 3 nitrogen and oxygen atoms in total. The van der Waals surface area contributed by atoms with Crippen LogP contribution in [0.3, 0.4) is 0 Å². The summed E-state index contributed by atoms with van der Waals surface area (Å²) in [6.45, 7) is 8.08. The number of ether oxygens (including phenoxy) is 1. The Bertz CT molecular complexity index is 174. The summed E-state index contributed by atoms with van der Waals surface area (Å²) >= 11 is 0. The van der Waals surface area contributed by atoms with Crippen LogP contribution in [0.5, 0.6) is 0 Å². The first-order chi connectivity index (χ1) is 7.34. The highest BCUT2D eigenvalue weighted by molar-refractivity contribution is 4.75. The lowest BCUT2D eigenvalue weighted by Crippen LogP contribution is -2.41. The van der Waals surface area contributed by atoms with Crippen LogP contribution in [-0.2, 0) is 4.74 Å². The molecular formula is C12H24N2O. The van der Waals surface area contributed by atoms with Crippen molar-refractivity contribution in [1.29, 1.82) is 0 Å². The van der Waals surface area contributed by atoms with Gasteiger partial charge in [0.25, 0.3) is 0 Å². The van der Waals surface area contributed by atoms with Crippen molar-refractivity contribution >= 4 is 0 Å². The Hall–Kier alpha value is -0.120. The Labute approximate surface area is 93.2 Å². The molecule has 88 valence electrons. The molecule has 3 heteroatoms. The number of nitrogens with one attached hydrogen (secondary N) is 1. The van der Waals surface area contributed by atoms with Gasteiger partial charge in [-0.25, -0.2) is 0 Å². The van der Waals surface area contributed by atoms with Gasteiger partial charge < -0.3 is 15.0 Å². The standard InChI is InChI=1S/C12H24N2O/c1-11(10-14-6-2-3-7-14)13-9-12-5-4-8-15-12/h11-13H,2-10H2,1H3. The Kier molecular flexibility index (Phi) is 4.42. The fraction of sp³-hybridized carbons (Fsp3) is 1.00. The summed E-state index contributed by atoms with van der Waals surface area (Å²) < 4.78 is 5.60. The second-order valence-electron chi connectivity index (χ2n) is 4.95. The minimum absolute atomic E-state index is 0.478. The van der Waals surface area contributed by atoms with Gasteiger partial charge in [0.1, 0.15) is 0 Å². The van der Waals surface area contributed by atoms with E-state index in [0.29, 0.717) is 12.1 Å². The van der Waals surface area contributed by atoms with Crippen molar-refractivity contribution in [2.75, 3.05) is 32.8 Å². The molecule has 0 radical (unpaired) electrons. The summed E-state index contributed by atoms with van der Waals surface area (Å²) in [5.41, 5.74) is 0. The number of nitrogens with zero attached hydrogens (tertiary/aromatic N) is 1. The zero-order valence-corrected chi connectivity index (χ0v) is 9.87. The molecule has 0 amide bonds. The fourth-order valence-corrected chi connectivity index (χ4v) is 2.56. The van der Waals surface area contributed by atoms with Gasteiger partial charge in [0, 0.05) is 25.7 Å². The maximum absolute atomic E-state index is 5.60. The Morgan fingerprint density at radius 1 is 1.33 bits per heavy atom. The SMILES string of the molecule is CC(CN1CCCC1)NCC1CCCO1. The van der Waals surface area contributed by atoms with E-state index in [2.05, 4.69) is 17.1 Å². The first-order valence-corrected chi connectivity index (χ1v) is 6.42. The summed E-state index contributed by atoms with van der Waals surface area (Å²) in [6.07, 6.45) is 5.73. The molecular weight excluding hydrogens is 188 g/mol. The van der Waals surface area contributed by atoms with Gasteiger partial charge in [-0.1, -0.05) is 0 Å². The van der Waals surface area contributed by atoms with Crippen LogP contribution in [-0.4, -0.2) is 49.8 Å². The van der Waals surface area contributed by atoms with Crippen molar-refractivity contribution in [3.05, 3.63) is 0 Å². The maximum Gasteiger partial charge on any atom is 0.0700 e. The fourth-order valence-electron chi connectivity index (χ4n) is 2.56. The average Bonchev–Trinajstić information content (AvgIpc) is 2.86. The predicted octanol–water partition coefficient (Wildman–Crippen LogP) is 1.24. The van der Waals surface area contributed by atoms with Crippen LogP contribution in [0.1, 0.15) is 32.6 Å². The van der Waals surface area contributed by atoms with Crippen LogP contribution in [0.4, 0.5) is 0 Å². The number of hydrogen-bond acceptors (Lipinski definition) is 3. The van der Waals surface area contributed by atoms with Gasteiger partial charge in [-0.2, -0.15) is 0 Å². The van der Waals surface area contributed by atoms with E-state index in [1.54, 1.807) is 0 Å². The van der Waals surface area contributed by atoms with E-state index < -0.39 is 0 Å². The van der Waals surface area contributed by atoms with Crippen molar-refractivity contribution < 1.29 is 4.74 Å². The van der Waals surface area contributed by atoms with Crippen LogP contribution in [0, 0.1) is 0 Å². The lowest BCUT2D eigenvalue weighted by atomic mass is 10.2. The molecule has 2 saturated heterocycles. The van der Waals surface area contributed by atoms with Gasteiger partial charge in [0.2, 0.25) is 0 Å². The van der Waals surface area contributed by atoms with Crippen molar-refractivity contribution in [3.8, 4) is 0 Å². The van der Waals surface area contributed by atoms with E-state index in [4.69, 9.17) is 4.74 Å². The minimum atomic E-state index is 0.478. The molecule has 0 aromatic heterocycles. The van der Waals surface area contributed by atoms with Gasteiger partial charge >= 0.3 is 0 Å². The minimum Gasteiger partial charge on any atom is -0.377 e. The van der Waals surface area contributed by atoms with Crippen LogP contribution >= 0.6 is 0 Å². The van der Waals surface area contributed by atoms with E-state index in [1.807, 2.05) is 0 Å². The quantitative estimate of drug-likeness (QED) is 0.742. The Balaban J connectivity index is 1.57. The van der Waals surface area contributed by atoms with E-state index in [1.165, 1.54) is 45.3 Å². The molecule has 2 rings (SSSR count). The van der Waals surface area contributed by atoms with Gasteiger partial charge in [0.05, 0.1) is 6.10 Å². The van der Waals surface area contributed by atoms with Crippen LogP contribution in [0.25, 0.3) is 0 Å². The average molecular weight is 212 g/mol. The molecule has 2 aliphatic heterocycles. The topological polar surface area (TPSA) is 24.5 Å². The van der Waals surface area contributed by atoms with Gasteiger partial charge in [-0.3, -0.25) is 0 Å². The predicted molar refractivity (Wildman–Crippen MR) is 62.1 cm³/mol.